The summed E-state index contributed by atoms with van der Waals surface area (Å²) in [5.41, 5.74) is 0.215. The van der Waals surface area contributed by atoms with Crippen molar-refractivity contribution in [3.05, 3.63) is 33.9 Å². The molecule has 0 saturated heterocycles. The standard InChI is InChI=1S/C15H19NO4/c1-11(17)12-8-9-15(14(10-12)16(18)19)20-13-6-4-2-3-5-7-13/h8-10,13H,2-7H2,1H3. The lowest BCUT2D eigenvalue weighted by molar-refractivity contribution is -0.386. The second-order valence-corrected chi connectivity index (χ2v) is 5.23. The fourth-order valence-corrected chi connectivity index (χ4v) is 2.52. The van der Waals surface area contributed by atoms with Crippen molar-refractivity contribution in [1.82, 2.24) is 0 Å². The fourth-order valence-electron chi connectivity index (χ4n) is 2.52. The molecule has 20 heavy (non-hydrogen) atoms. The van der Waals surface area contributed by atoms with Crippen LogP contribution in [0, 0.1) is 10.1 Å². The highest BCUT2D eigenvalue weighted by Crippen LogP contribution is 2.31. The van der Waals surface area contributed by atoms with Crippen LogP contribution < -0.4 is 4.74 Å². The van der Waals surface area contributed by atoms with E-state index in [2.05, 4.69) is 0 Å². The predicted molar refractivity (Wildman–Crippen MR) is 75.2 cm³/mol. The molecule has 1 fully saturated rings. The maximum absolute atomic E-state index is 11.3. The normalized spacial score (nSPS) is 16.4. The van der Waals surface area contributed by atoms with Crippen molar-refractivity contribution in [1.29, 1.82) is 0 Å². The van der Waals surface area contributed by atoms with Crippen molar-refractivity contribution >= 4 is 11.5 Å². The molecule has 1 aliphatic rings. The van der Waals surface area contributed by atoms with Gasteiger partial charge in [-0.25, -0.2) is 0 Å². The Bertz CT molecular complexity index is 505. The van der Waals surface area contributed by atoms with Crippen LogP contribution in [0.5, 0.6) is 5.75 Å². The summed E-state index contributed by atoms with van der Waals surface area (Å²) in [5.74, 6) is 0.0843. The SMILES string of the molecule is CC(=O)c1ccc(OC2CCCCCC2)c([N+](=O)[O-])c1. The Balaban J connectivity index is 2.21. The highest BCUT2D eigenvalue weighted by Gasteiger charge is 2.21. The van der Waals surface area contributed by atoms with Gasteiger partial charge >= 0.3 is 5.69 Å². The van der Waals surface area contributed by atoms with Crippen molar-refractivity contribution in [2.75, 3.05) is 0 Å². The highest BCUT2D eigenvalue weighted by atomic mass is 16.6. The van der Waals surface area contributed by atoms with Gasteiger partial charge in [0, 0.05) is 11.6 Å². The quantitative estimate of drug-likeness (QED) is 0.362. The molecule has 5 nitrogen and oxygen atoms in total. The molecule has 0 atom stereocenters. The van der Waals surface area contributed by atoms with E-state index in [9.17, 15) is 14.9 Å². The van der Waals surface area contributed by atoms with Gasteiger partial charge in [0.2, 0.25) is 0 Å². The lowest BCUT2D eigenvalue weighted by Gasteiger charge is -2.17. The fraction of sp³-hybridized carbons (Fsp3) is 0.533. The Hall–Kier alpha value is -1.91. The van der Waals surface area contributed by atoms with Crippen molar-refractivity contribution < 1.29 is 14.5 Å². The first-order valence-electron chi connectivity index (χ1n) is 7.04. The number of nitro groups is 1. The van der Waals surface area contributed by atoms with E-state index in [1.807, 2.05) is 0 Å². The maximum atomic E-state index is 11.3. The first-order valence-corrected chi connectivity index (χ1v) is 7.04. The number of benzene rings is 1. The Kier molecular flexibility index (Phi) is 4.71. The molecule has 0 bridgehead atoms. The minimum atomic E-state index is -0.488. The Morgan fingerprint density at radius 3 is 2.45 bits per heavy atom. The van der Waals surface area contributed by atoms with E-state index in [-0.39, 0.29) is 23.3 Å². The molecule has 108 valence electrons. The summed E-state index contributed by atoms with van der Waals surface area (Å²) in [6.07, 6.45) is 6.51. The molecule has 0 heterocycles. The van der Waals surface area contributed by atoms with E-state index < -0.39 is 4.92 Å². The number of hydrogen-bond donors (Lipinski definition) is 0. The monoisotopic (exact) mass is 277 g/mol. The first kappa shape index (κ1) is 14.5. The number of carbonyl (C=O) groups is 1. The van der Waals surface area contributed by atoms with Crippen LogP contribution in [-0.2, 0) is 0 Å². The average molecular weight is 277 g/mol. The van der Waals surface area contributed by atoms with Gasteiger partial charge in [-0.3, -0.25) is 14.9 Å². The number of carbonyl (C=O) groups excluding carboxylic acids is 1. The molecule has 5 heteroatoms. The van der Waals surface area contributed by atoms with Gasteiger partial charge in [-0.2, -0.15) is 0 Å². The number of ketones is 1. The maximum Gasteiger partial charge on any atom is 0.311 e. The van der Waals surface area contributed by atoms with Crippen LogP contribution >= 0.6 is 0 Å². The van der Waals surface area contributed by atoms with E-state index in [1.54, 1.807) is 12.1 Å². The van der Waals surface area contributed by atoms with Gasteiger partial charge in [0.25, 0.3) is 0 Å². The van der Waals surface area contributed by atoms with Gasteiger partial charge in [0.15, 0.2) is 11.5 Å². The molecule has 0 radical (unpaired) electrons. The first-order chi connectivity index (χ1) is 9.58. The van der Waals surface area contributed by atoms with Crippen molar-refractivity contribution in [3.63, 3.8) is 0 Å². The largest absolute Gasteiger partial charge is 0.484 e. The summed E-state index contributed by atoms with van der Waals surface area (Å²) in [4.78, 5) is 21.9. The molecular weight excluding hydrogens is 258 g/mol. The van der Waals surface area contributed by atoms with E-state index in [1.165, 1.54) is 25.8 Å². The number of ether oxygens (including phenoxy) is 1. The van der Waals surface area contributed by atoms with Crippen molar-refractivity contribution in [2.45, 2.75) is 51.6 Å². The zero-order valence-corrected chi connectivity index (χ0v) is 11.6. The topological polar surface area (TPSA) is 69.4 Å². The number of nitro benzene ring substituents is 1. The van der Waals surface area contributed by atoms with Gasteiger partial charge in [0.05, 0.1) is 11.0 Å². The minimum Gasteiger partial charge on any atom is -0.484 e. The van der Waals surface area contributed by atoms with Gasteiger partial charge in [-0.1, -0.05) is 12.8 Å². The molecule has 2 rings (SSSR count). The summed E-state index contributed by atoms with van der Waals surface area (Å²) < 4.78 is 5.81. The molecule has 1 saturated carbocycles. The second kappa shape index (κ2) is 6.50. The molecule has 0 aromatic heterocycles. The van der Waals surface area contributed by atoms with E-state index in [0.717, 1.165) is 25.7 Å². The minimum absolute atomic E-state index is 0.0411. The Morgan fingerprint density at radius 1 is 1.25 bits per heavy atom. The third-order valence-electron chi connectivity index (χ3n) is 3.66. The van der Waals surface area contributed by atoms with Crippen molar-refractivity contribution in [3.8, 4) is 5.75 Å². The van der Waals surface area contributed by atoms with Gasteiger partial charge < -0.3 is 4.74 Å². The van der Waals surface area contributed by atoms with Gasteiger partial charge in [0.1, 0.15) is 0 Å². The van der Waals surface area contributed by atoms with Crippen molar-refractivity contribution in [2.24, 2.45) is 0 Å². The summed E-state index contributed by atoms with van der Waals surface area (Å²) in [6, 6.07) is 4.43. The number of hydrogen-bond acceptors (Lipinski definition) is 4. The molecule has 0 unspecified atom stereocenters. The van der Waals surface area contributed by atoms with Crippen LogP contribution in [0.3, 0.4) is 0 Å². The molecule has 1 aliphatic carbocycles. The lowest BCUT2D eigenvalue weighted by atomic mass is 10.1. The smallest absolute Gasteiger partial charge is 0.311 e. The zero-order valence-electron chi connectivity index (χ0n) is 11.6. The Labute approximate surface area is 118 Å². The van der Waals surface area contributed by atoms with E-state index in [0.29, 0.717) is 5.56 Å². The van der Waals surface area contributed by atoms with Crippen LogP contribution in [0.25, 0.3) is 0 Å². The van der Waals surface area contributed by atoms with Crippen LogP contribution in [-0.4, -0.2) is 16.8 Å². The molecule has 1 aromatic rings. The number of nitrogens with zero attached hydrogens (tertiary/aromatic N) is 1. The lowest BCUT2D eigenvalue weighted by Crippen LogP contribution is -2.16. The predicted octanol–water partition coefficient (Wildman–Crippen LogP) is 3.90. The zero-order chi connectivity index (χ0) is 14.5. The summed E-state index contributed by atoms with van der Waals surface area (Å²) in [5, 5.41) is 11.1. The summed E-state index contributed by atoms with van der Waals surface area (Å²) in [6.45, 7) is 1.39. The number of rotatable bonds is 4. The second-order valence-electron chi connectivity index (χ2n) is 5.23. The van der Waals surface area contributed by atoms with E-state index in [4.69, 9.17) is 4.74 Å². The molecular formula is C15H19NO4. The Morgan fingerprint density at radius 2 is 1.90 bits per heavy atom. The van der Waals surface area contributed by atoms with Crippen LogP contribution in [0.1, 0.15) is 55.8 Å². The average Bonchev–Trinajstić information content (AvgIpc) is 2.67. The highest BCUT2D eigenvalue weighted by molar-refractivity contribution is 5.95. The van der Waals surface area contributed by atoms with Crippen LogP contribution in [0.15, 0.2) is 18.2 Å². The molecule has 0 spiro atoms. The van der Waals surface area contributed by atoms with E-state index >= 15 is 0 Å². The number of Topliss-reactive ketones (excluding diaryl/α,β-unsaturated/α-hetero) is 1. The van der Waals surface area contributed by atoms with Gasteiger partial charge in [-0.05, 0) is 44.7 Å². The third kappa shape index (κ3) is 3.56. The molecule has 0 amide bonds. The summed E-state index contributed by atoms with van der Waals surface area (Å²) in [7, 11) is 0. The molecule has 1 aromatic carbocycles. The summed E-state index contributed by atoms with van der Waals surface area (Å²) >= 11 is 0. The third-order valence-corrected chi connectivity index (χ3v) is 3.66. The van der Waals surface area contributed by atoms with Gasteiger partial charge in [-0.15, -0.1) is 0 Å². The molecule has 0 N–H and O–H groups in total. The van der Waals surface area contributed by atoms with Crippen LogP contribution in [0.4, 0.5) is 5.69 Å². The molecule has 0 aliphatic heterocycles. The van der Waals surface area contributed by atoms with Crippen LogP contribution in [0.2, 0.25) is 0 Å².